The van der Waals surface area contributed by atoms with Crippen LogP contribution in [0.1, 0.15) is 27.6 Å². The number of halogens is 1. The highest BCUT2D eigenvalue weighted by Gasteiger charge is 2.22. The lowest BCUT2D eigenvalue weighted by atomic mass is 10.1. The first kappa shape index (κ1) is 11.8. The van der Waals surface area contributed by atoms with E-state index in [4.69, 9.17) is 0 Å². The Kier molecular flexibility index (Phi) is 3.51. The summed E-state index contributed by atoms with van der Waals surface area (Å²) in [6.07, 6.45) is 0.382. The Morgan fingerprint density at radius 2 is 2.13 bits per heavy atom. The number of nitro groups is 1. The van der Waals surface area contributed by atoms with Gasteiger partial charge in [-0.3, -0.25) is 19.7 Å². The van der Waals surface area contributed by atoms with Gasteiger partial charge in [0, 0.05) is 3.57 Å². The smallest absolute Gasteiger partial charge is 0.290 e. The molecule has 0 saturated carbocycles. The molecule has 0 aliphatic heterocycles. The van der Waals surface area contributed by atoms with Gasteiger partial charge in [0.2, 0.25) is 0 Å². The Labute approximate surface area is 98.8 Å². The monoisotopic (exact) mass is 319 g/mol. The molecule has 0 fully saturated rings. The first-order valence-electron chi connectivity index (χ1n) is 3.91. The number of nitrogens with zero attached hydrogens (tertiary/aromatic N) is 1. The molecule has 0 spiro atoms. The van der Waals surface area contributed by atoms with Gasteiger partial charge in [-0.2, -0.15) is 0 Å². The third kappa shape index (κ3) is 2.38. The SMILES string of the molecule is CC(=O)c1cc(I)cc(C=O)c1[N+](=O)[O-]. The predicted molar refractivity (Wildman–Crippen MR) is 61.2 cm³/mol. The van der Waals surface area contributed by atoms with Crippen molar-refractivity contribution in [1.29, 1.82) is 0 Å². The van der Waals surface area contributed by atoms with E-state index >= 15 is 0 Å². The number of hydrogen-bond acceptors (Lipinski definition) is 4. The van der Waals surface area contributed by atoms with Crippen LogP contribution in [0.15, 0.2) is 12.1 Å². The highest BCUT2D eigenvalue weighted by atomic mass is 127. The maximum Gasteiger partial charge on any atom is 0.290 e. The van der Waals surface area contributed by atoms with Gasteiger partial charge in [0.1, 0.15) is 0 Å². The van der Waals surface area contributed by atoms with Gasteiger partial charge in [0.15, 0.2) is 12.1 Å². The molecular formula is C9H6INO4. The van der Waals surface area contributed by atoms with Crippen molar-refractivity contribution >= 4 is 40.3 Å². The van der Waals surface area contributed by atoms with Gasteiger partial charge >= 0.3 is 0 Å². The highest BCUT2D eigenvalue weighted by Crippen LogP contribution is 2.25. The summed E-state index contributed by atoms with van der Waals surface area (Å²) in [6, 6.07) is 2.77. The molecule has 0 unspecified atom stereocenters. The summed E-state index contributed by atoms with van der Waals surface area (Å²) >= 11 is 1.89. The molecule has 0 radical (unpaired) electrons. The van der Waals surface area contributed by atoms with Crippen molar-refractivity contribution in [2.75, 3.05) is 0 Å². The quantitative estimate of drug-likeness (QED) is 0.281. The summed E-state index contributed by atoms with van der Waals surface area (Å²) in [4.78, 5) is 31.8. The predicted octanol–water partition coefficient (Wildman–Crippen LogP) is 2.21. The Balaban J connectivity index is 3.61. The standard InChI is InChI=1S/C9H6INO4/c1-5(13)8-3-7(10)2-6(4-12)9(8)11(14)15/h2-4H,1H3. The van der Waals surface area contributed by atoms with Crippen molar-refractivity contribution in [2.24, 2.45) is 0 Å². The van der Waals surface area contributed by atoms with Gasteiger partial charge in [0.25, 0.3) is 5.69 Å². The van der Waals surface area contributed by atoms with E-state index in [2.05, 4.69) is 0 Å². The molecule has 1 rings (SSSR count). The van der Waals surface area contributed by atoms with Gasteiger partial charge in [-0.25, -0.2) is 0 Å². The average molecular weight is 319 g/mol. The topological polar surface area (TPSA) is 77.3 Å². The summed E-state index contributed by atoms with van der Waals surface area (Å²) in [5.74, 6) is -0.427. The number of carbonyl (C=O) groups is 2. The van der Waals surface area contributed by atoms with E-state index in [0.717, 1.165) is 0 Å². The number of Topliss-reactive ketones (excluding diaryl/α,β-unsaturated/α-hetero) is 1. The van der Waals surface area contributed by atoms with E-state index in [-0.39, 0.29) is 11.1 Å². The Bertz CT molecular complexity index is 456. The van der Waals surface area contributed by atoms with E-state index in [9.17, 15) is 19.7 Å². The molecule has 1 aromatic rings. The second-order valence-corrected chi connectivity index (χ2v) is 4.07. The summed E-state index contributed by atoms with van der Waals surface area (Å²) in [7, 11) is 0. The van der Waals surface area contributed by atoms with Crippen LogP contribution in [0.5, 0.6) is 0 Å². The lowest BCUT2D eigenvalue weighted by Crippen LogP contribution is -2.04. The van der Waals surface area contributed by atoms with Crippen LogP contribution >= 0.6 is 22.6 Å². The first-order valence-corrected chi connectivity index (χ1v) is 4.99. The van der Waals surface area contributed by atoms with Crippen LogP contribution in [0.3, 0.4) is 0 Å². The third-order valence-electron chi connectivity index (χ3n) is 1.79. The van der Waals surface area contributed by atoms with Crippen molar-refractivity contribution in [3.8, 4) is 0 Å². The summed E-state index contributed by atoms with van der Waals surface area (Å²) in [5.41, 5.74) is -0.524. The van der Waals surface area contributed by atoms with Gasteiger partial charge < -0.3 is 0 Å². The van der Waals surface area contributed by atoms with E-state index in [1.165, 1.54) is 19.1 Å². The molecule has 0 heterocycles. The molecule has 0 aliphatic carbocycles. The first-order chi connectivity index (χ1) is 6.97. The number of benzene rings is 1. The Morgan fingerprint density at radius 3 is 2.53 bits per heavy atom. The lowest BCUT2D eigenvalue weighted by Gasteiger charge is -2.02. The van der Waals surface area contributed by atoms with Crippen molar-refractivity contribution in [1.82, 2.24) is 0 Å². The molecular weight excluding hydrogens is 313 g/mol. The molecule has 0 amide bonds. The van der Waals surface area contributed by atoms with E-state index in [1.807, 2.05) is 22.6 Å². The molecule has 0 atom stereocenters. The molecule has 0 saturated heterocycles. The Hall–Kier alpha value is -1.31. The number of ketones is 1. The Morgan fingerprint density at radius 1 is 1.53 bits per heavy atom. The van der Waals surface area contributed by atoms with Crippen LogP contribution in [0, 0.1) is 13.7 Å². The van der Waals surface area contributed by atoms with Crippen molar-refractivity contribution in [3.05, 3.63) is 36.9 Å². The number of hydrogen-bond donors (Lipinski definition) is 0. The zero-order valence-corrected chi connectivity index (χ0v) is 9.85. The van der Waals surface area contributed by atoms with E-state index in [0.29, 0.717) is 9.86 Å². The van der Waals surface area contributed by atoms with Crippen LogP contribution in [-0.2, 0) is 0 Å². The number of carbonyl (C=O) groups excluding carboxylic acids is 2. The average Bonchev–Trinajstić information content (AvgIpc) is 2.15. The summed E-state index contributed by atoms with van der Waals surface area (Å²) < 4.78 is 0.616. The number of nitro benzene ring substituents is 1. The zero-order valence-electron chi connectivity index (χ0n) is 7.69. The van der Waals surface area contributed by atoms with Gasteiger partial charge in [0.05, 0.1) is 16.1 Å². The fraction of sp³-hybridized carbons (Fsp3) is 0.111. The van der Waals surface area contributed by atoms with Crippen molar-refractivity contribution in [2.45, 2.75) is 6.92 Å². The van der Waals surface area contributed by atoms with Crippen LogP contribution < -0.4 is 0 Å². The molecule has 5 nitrogen and oxygen atoms in total. The van der Waals surface area contributed by atoms with E-state index < -0.39 is 16.4 Å². The molecule has 0 bridgehead atoms. The molecule has 15 heavy (non-hydrogen) atoms. The molecule has 1 aromatic carbocycles. The summed E-state index contributed by atoms with van der Waals surface area (Å²) in [5, 5.41) is 10.7. The van der Waals surface area contributed by atoms with Crippen LogP contribution in [-0.4, -0.2) is 17.0 Å². The molecule has 0 aromatic heterocycles. The van der Waals surface area contributed by atoms with Crippen LogP contribution in [0.25, 0.3) is 0 Å². The number of rotatable bonds is 3. The fourth-order valence-corrected chi connectivity index (χ4v) is 1.83. The third-order valence-corrected chi connectivity index (χ3v) is 2.42. The fourth-order valence-electron chi connectivity index (χ4n) is 1.18. The summed E-state index contributed by atoms with van der Waals surface area (Å²) in [6.45, 7) is 1.23. The van der Waals surface area contributed by atoms with Gasteiger partial charge in [-0.15, -0.1) is 0 Å². The second-order valence-electron chi connectivity index (χ2n) is 2.82. The minimum Gasteiger partial charge on any atom is -0.298 e. The minimum absolute atomic E-state index is 0.0333. The van der Waals surface area contributed by atoms with Gasteiger partial charge in [-0.05, 0) is 41.6 Å². The molecule has 0 N–H and O–H groups in total. The van der Waals surface area contributed by atoms with Crippen LogP contribution in [0.4, 0.5) is 5.69 Å². The van der Waals surface area contributed by atoms with Gasteiger partial charge in [-0.1, -0.05) is 0 Å². The maximum absolute atomic E-state index is 11.2. The minimum atomic E-state index is -0.712. The van der Waals surface area contributed by atoms with E-state index in [1.54, 1.807) is 0 Å². The largest absolute Gasteiger partial charge is 0.298 e. The van der Waals surface area contributed by atoms with Crippen LogP contribution in [0.2, 0.25) is 0 Å². The molecule has 6 heteroatoms. The highest BCUT2D eigenvalue weighted by molar-refractivity contribution is 14.1. The normalized spacial score (nSPS) is 9.73. The number of aldehydes is 1. The molecule has 0 aliphatic rings. The maximum atomic E-state index is 11.2. The second kappa shape index (κ2) is 4.47. The van der Waals surface area contributed by atoms with Crippen molar-refractivity contribution in [3.63, 3.8) is 0 Å². The molecule has 78 valence electrons. The lowest BCUT2D eigenvalue weighted by molar-refractivity contribution is -0.385. The van der Waals surface area contributed by atoms with Crippen molar-refractivity contribution < 1.29 is 14.5 Å². The zero-order chi connectivity index (χ0) is 11.6.